The molecule has 10 nitrogen and oxygen atoms in total. The van der Waals surface area contributed by atoms with E-state index >= 15 is 0 Å². The predicted molar refractivity (Wildman–Crippen MR) is 229 cm³/mol. The Morgan fingerprint density at radius 1 is 0.759 bits per heavy atom. The number of aromatic nitrogens is 2. The van der Waals surface area contributed by atoms with Crippen LogP contribution in [0.4, 0.5) is 4.79 Å². The topological polar surface area (TPSA) is 131 Å². The van der Waals surface area contributed by atoms with E-state index in [1.54, 1.807) is 33.2 Å². The summed E-state index contributed by atoms with van der Waals surface area (Å²) in [6.45, 7) is 6.78. The Labute approximate surface area is 345 Å². The number of piperidine rings is 2. The highest BCUT2D eigenvalue weighted by atomic mass is 16.6. The molecule has 2 aliphatic heterocycles. The monoisotopic (exact) mass is 782 g/mol. The lowest BCUT2D eigenvalue weighted by Crippen LogP contribution is -2.52. The molecule has 4 unspecified atom stereocenters. The number of rotatable bonds is 9. The summed E-state index contributed by atoms with van der Waals surface area (Å²) < 4.78 is 5.43. The van der Waals surface area contributed by atoms with Crippen LogP contribution < -0.4 is 11.1 Å². The molecule has 2 saturated heterocycles. The molecule has 4 heterocycles. The van der Waals surface area contributed by atoms with E-state index in [1.807, 2.05) is 95.0 Å². The number of nitrogens with one attached hydrogen (secondary N) is 1. The first-order chi connectivity index (χ1) is 27.5. The maximum Gasteiger partial charge on any atom is 0.408 e. The van der Waals surface area contributed by atoms with Crippen molar-refractivity contribution in [3.05, 3.63) is 131 Å². The van der Waals surface area contributed by atoms with E-state index in [4.69, 9.17) is 23.3 Å². The van der Waals surface area contributed by atoms with Crippen molar-refractivity contribution < 1.29 is 19.1 Å². The maximum absolute atomic E-state index is 13.7. The van der Waals surface area contributed by atoms with Crippen molar-refractivity contribution in [2.75, 3.05) is 13.1 Å². The van der Waals surface area contributed by atoms with Gasteiger partial charge in [-0.1, -0.05) is 55.7 Å². The molecule has 58 heavy (non-hydrogen) atoms. The minimum atomic E-state index is -0.751. The smallest absolute Gasteiger partial charge is 0.408 e. The van der Waals surface area contributed by atoms with Gasteiger partial charge in [0.25, 0.3) is 0 Å². The third-order valence-corrected chi connectivity index (χ3v) is 10.2. The molecule has 10 heteroatoms. The third kappa shape index (κ3) is 12.8. The van der Waals surface area contributed by atoms with Crippen LogP contribution in [0.3, 0.4) is 0 Å². The summed E-state index contributed by atoms with van der Waals surface area (Å²) >= 11 is 0. The molecule has 3 amide bonds. The van der Waals surface area contributed by atoms with Gasteiger partial charge in [0, 0.05) is 55.4 Å². The van der Waals surface area contributed by atoms with E-state index in [0.717, 1.165) is 78.5 Å². The summed E-state index contributed by atoms with van der Waals surface area (Å²) in [6, 6.07) is 21.6. The number of carbonyl (C=O) groups is 3. The van der Waals surface area contributed by atoms with Crippen LogP contribution in [-0.4, -0.2) is 68.4 Å². The van der Waals surface area contributed by atoms with Gasteiger partial charge in [-0.3, -0.25) is 19.6 Å². The molecule has 0 saturated carbocycles. The van der Waals surface area contributed by atoms with Crippen molar-refractivity contribution in [1.82, 2.24) is 25.1 Å². The highest BCUT2D eigenvalue weighted by Gasteiger charge is 2.35. The van der Waals surface area contributed by atoms with Crippen LogP contribution in [0.5, 0.6) is 0 Å². The molecule has 3 N–H and O–H groups in total. The first-order valence-corrected chi connectivity index (χ1v) is 19.7. The minimum Gasteiger partial charge on any atom is -0.444 e. The molecule has 304 valence electrons. The fourth-order valence-electron chi connectivity index (χ4n) is 7.34. The van der Waals surface area contributed by atoms with Crippen molar-refractivity contribution in [3.8, 4) is 24.7 Å². The molecule has 2 aliphatic rings. The summed E-state index contributed by atoms with van der Waals surface area (Å²) in [5.41, 5.74) is 11.2. The number of likely N-dealkylation sites (tertiary alicyclic amines) is 2. The van der Waals surface area contributed by atoms with Gasteiger partial charge in [0.2, 0.25) is 11.8 Å². The zero-order valence-corrected chi connectivity index (χ0v) is 33.3. The first kappa shape index (κ1) is 44.7. The Hall–Kier alpha value is -5.97. The molecule has 4 atom stereocenters. The summed E-state index contributed by atoms with van der Waals surface area (Å²) in [5, 5.41) is 2.81. The van der Waals surface area contributed by atoms with E-state index in [-0.39, 0.29) is 31.3 Å². The number of amides is 3. The third-order valence-electron chi connectivity index (χ3n) is 10.2. The average Bonchev–Trinajstić information content (AvgIpc) is 3.23. The number of ether oxygens (including phenoxy) is 1. The number of nitrogens with two attached hydrogens (primary N) is 1. The van der Waals surface area contributed by atoms with Crippen LogP contribution in [0.15, 0.2) is 97.6 Å². The van der Waals surface area contributed by atoms with E-state index in [2.05, 4.69) is 27.1 Å². The zero-order chi connectivity index (χ0) is 40.8. The second kappa shape index (κ2) is 21.5. The Kier molecular flexibility index (Phi) is 16.6. The largest absolute Gasteiger partial charge is 0.444 e. The molecule has 0 spiro atoms. The number of terminal acetylenes is 2. The number of pyridine rings is 2. The fourth-order valence-corrected chi connectivity index (χ4v) is 7.34. The van der Waals surface area contributed by atoms with E-state index in [1.165, 1.54) is 0 Å². The van der Waals surface area contributed by atoms with Gasteiger partial charge in [0.15, 0.2) is 0 Å². The maximum atomic E-state index is 13.7. The van der Waals surface area contributed by atoms with Gasteiger partial charge in [-0.15, -0.1) is 12.8 Å². The van der Waals surface area contributed by atoms with Gasteiger partial charge in [-0.05, 0) is 124 Å². The van der Waals surface area contributed by atoms with Gasteiger partial charge in [0.1, 0.15) is 11.6 Å². The fraction of sp³-hybridized carbons (Fsp3) is 0.396. The van der Waals surface area contributed by atoms with Crippen LogP contribution >= 0.6 is 0 Å². The van der Waals surface area contributed by atoms with E-state index < -0.39 is 23.8 Å². The molecular weight excluding hydrogens is 725 g/mol. The second-order valence-corrected chi connectivity index (χ2v) is 15.6. The lowest BCUT2D eigenvalue weighted by Gasteiger charge is -2.38. The van der Waals surface area contributed by atoms with Gasteiger partial charge >= 0.3 is 6.09 Å². The van der Waals surface area contributed by atoms with E-state index in [9.17, 15) is 14.4 Å². The number of alkyl carbamates (subject to hydrolysis) is 1. The Balaban J connectivity index is 0.000000259. The zero-order valence-electron chi connectivity index (χ0n) is 33.3. The molecular formula is C48H58N6O4. The van der Waals surface area contributed by atoms with Crippen LogP contribution in [0.25, 0.3) is 0 Å². The lowest BCUT2D eigenvalue weighted by molar-refractivity contribution is -0.137. The molecule has 2 fully saturated rings. The number of carbonyl (C=O) groups excluding carboxylic acids is 3. The second-order valence-electron chi connectivity index (χ2n) is 15.6. The molecule has 2 aromatic heterocycles. The number of nitrogens with zero attached hydrogens (tertiary/aromatic N) is 4. The number of benzene rings is 2. The normalized spacial score (nSPS) is 17.4. The van der Waals surface area contributed by atoms with Gasteiger partial charge in [0.05, 0.1) is 18.1 Å². The molecule has 0 radical (unpaired) electrons. The number of hydrogen-bond donors (Lipinski definition) is 2. The van der Waals surface area contributed by atoms with Crippen molar-refractivity contribution in [3.63, 3.8) is 0 Å². The van der Waals surface area contributed by atoms with Crippen LogP contribution in [-0.2, 0) is 27.2 Å². The highest BCUT2D eigenvalue weighted by molar-refractivity contribution is 5.86. The summed E-state index contributed by atoms with van der Waals surface area (Å²) in [6.07, 6.45) is 24.2. The highest BCUT2D eigenvalue weighted by Crippen LogP contribution is 2.32. The first-order valence-electron chi connectivity index (χ1n) is 19.7. The predicted octanol–water partition coefficient (Wildman–Crippen LogP) is 7.58. The van der Waals surface area contributed by atoms with Crippen LogP contribution in [0.2, 0.25) is 0 Å². The molecule has 6 rings (SSSR count). The van der Waals surface area contributed by atoms with E-state index in [0.29, 0.717) is 19.4 Å². The minimum absolute atomic E-state index is 0. The van der Waals surface area contributed by atoms with Crippen LogP contribution in [0.1, 0.15) is 112 Å². The molecule has 4 aromatic rings. The quantitative estimate of drug-likeness (QED) is 0.168. The Morgan fingerprint density at radius 3 is 1.66 bits per heavy atom. The van der Waals surface area contributed by atoms with Crippen LogP contribution in [0, 0.1) is 24.7 Å². The van der Waals surface area contributed by atoms with Crippen molar-refractivity contribution in [2.45, 2.75) is 109 Å². The Bertz CT molecular complexity index is 2000. The summed E-state index contributed by atoms with van der Waals surface area (Å²) in [5.74, 6) is 5.08. The Morgan fingerprint density at radius 2 is 1.22 bits per heavy atom. The SMILES string of the molecule is C.C#Cc1ccc(CC(N)C(=O)N2CCCCC2c2cccnc2)cc1.C#Cc1ccc(CC(NC(=O)OC(C)(C)C)C(=O)N2CCCCC2c2cccnc2)cc1. The van der Waals surface area contributed by atoms with Crippen molar-refractivity contribution in [2.24, 2.45) is 5.73 Å². The van der Waals surface area contributed by atoms with Crippen molar-refractivity contribution >= 4 is 17.9 Å². The van der Waals surface area contributed by atoms with Gasteiger partial charge in [-0.25, -0.2) is 4.79 Å². The molecule has 2 aromatic carbocycles. The number of hydrogen-bond acceptors (Lipinski definition) is 7. The molecule has 0 aliphatic carbocycles. The van der Waals surface area contributed by atoms with Gasteiger partial charge < -0.3 is 25.6 Å². The standard InChI is InChI=1S/C26H31N3O3.C21H23N3O.CH4/c1-5-19-11-13-20(14-12-19)17-22(28-25(31)32-26(2,3)4)24(30)29-16-7-6-10-23(29)21-9-8-15-27-18-21;1-2-16-8-10-17(11-9-16)14-19(22)21(25)24-13-4-3-7-20(24)18-6-5-12-23-15-18;/h1,8-9,11-15,18,22-23H,6-7,10,16-17H2,2-4H3,(H,28,31);1,5-6,8-12,15,19-20H,3-4,7,13-14,22H2;1H4. The molecule has 0 bridgehead atoms. The van der Waals surface area contributed by atoms with Gasteiger partial charge in [-0.2, -0.15) is 0 Å². The van der Waals surface area contributed by atoms with Crippen molar-refractivity contribution in [1.29, 1.82) is 0 Å². The summed E-state index contributed by atoms with van der Waals surface area (Å²) in [7, 11) is 0. The summed E-state index contributed by atoms with van der Waals surface area (Å²) in [4.78, 5) is 51.5. The lowest BCUT2D eigenvalue weighted by atomic mass is 9.94. The average molecular weight is 783 g/mol.